The summed E-state index contributed by atoms with van der Waals surface area (Å²) < 4.78 is 27.4. The zero-order valence-corrected chi connectivity index (χ0v) is 14.7. The van der Waals surface area contributed by atoms with Gasteiger partial charge >= 0.3 is 0 Å². The van der Waals surface area contributed by atoms with Crippen LogP contribution in [0.25, 0.3) is 10.6 Å². The Morgan fingerprint density at radius 3 is 2.76 bits per heavy atom. The number of rotatable bonds is 7. The van der Waals surface area contributed by atoms with Crippen LogP contribution in [0.4, 0.5) is 0 Å². The highest BCUT2D eigenvalue weighted by molar-refractivity contribution is 7.91. The van der Waals surface area contributed by atoms with Gasteiger partial charge in [-0.05, 0) is 32.5 Å². The fourth-order valence-corrected chi connectivity index (χ4v) is 4.93. The molecule has 1 atom stereocenters. The van der Waals surface area contributed by atoms with E-state index in [-0.39, 0.29) is 6.04 Å². The summed E-state index contributed by atoms with van der Waals surface area (Å²) in [5.74, 6) is 0. The minimum absolute atomic E-state index is 0.102. The van der Waals surface area contributed by atoms with Crippen molar-refractivity contribution in [2.24, 2.45) is 0 Å². The van der Waals surface area contributed by atoms with Crippen LogP contribution in [-0.2, 0) is 10.0 Å². The third-order valence-electron chi connectivity index (χ3n) is 2.85. The van der Waals surface area contributed by atoms with E-state index in [0.29, 0.717) is 10.8 Å². The number of thiazole rings is 1. The summed E-state index contributed by atoms with van der Waals surface area (Å²) in [5.41, 5.74) is 0.838. The molecule has 2 heterocycles. The fourth-order valence-electron chi connectivity index (χ4n) is 1.81. The van der Waals surface area contributed by atoms with Crippen molar-refractivity contribution in [3.05, 3.63) is 22.5 Å². The Balaban J connectivity index is 2.09. The highest BCUT2D eigenvalue weighted by atomic mass is 32.2. The molecule has 0 saturated carbocycles. The third-order valence-corrected chi connectivity index (χ3v) is 6.65. The molecule has 21 heavy (non-hydrogen) atoms. The van der Waals surface area contributed by atoms with E-state index < -0.39 is 10.0 Å². The average molecular weight is 346 g/mol. The first-order chi connectivity index (χ1) is 9.92. The molecule has 2 rings (SSSR count). The number of nitrogens with zero attached hydrogens (tertiary/aromatic N) is 1. The number of hydrogen-bond acceptors (Lipinski definition) is 6. The summed E-state index contributed by atoms with van der Waals surface area (Å²) in [6, 6.07) is 3.54. The highest BCUT2D eigenvalue weighted by Crippen LogP contribution is 2.31. The van der Waals surface area contributed by atoms with Gasteiger partial charge in [-0.2, -0.15) is 0 Å². The fraction of sp³-hybridized carbons (Fsp3) is 0.462. The maximum absolute atomic E-state index is 12.2. The summed E-state index contributed by atoms with van der Waals surface area (Å²) in [6.07, 6.45) is 0. The number of likely N-dealkylation sites (N-methyl/N-ethyl adjacent to an activating group) is 1. The second kappa shape index (κ2) is 6.97. The van der Waals surface area contributed by atoms with Gasteiger partial charge in [-0.1, -0.05) is 6.92 Å². The van der Waals surface area contributed by atoms with Crippen molar-refractivity contribution >= 4 is 32.7 Å². The van der Waals surface area contributed by atoms with Crippen LogP contribution in [0.1, 0.15) is 18.9 Å². The van der Waals surface area contributed by atoms with Crippen LogP contribution >= 0.6 is 22.7 Å². The number of aromatic nitrogens is 1. The van der Waals surface area contributed by atoms with Gasteiger partial charge < -0.3 is 5.32 Å². The van der Waals surface area contributed by atoms with Crippen LogP contribution in [0.2, 0.25) is 0 Å². The largest absolute Gasteiger partial charge is 0.313 e. The average Bonchev–Trinajstić information content (AvgIpc) is 3.05. The lowest BCUT2D eigenvalue weighted by atomic mass is 10.3. The number of aryl methyl sites for hydroxylation is 1. The topological polar surface area (TPSA) is 71.1 Å². The first kappa shape index (κ1) is 16.6. The molecule has 116 valence electrons. The number of hydrogen-bond donors (Lipinski definition) is 2. The summed E-state index contributed by atoms with van der Waals surface area (Å²) in [5, 5.41) is 6.09. The molecular weight excluding hydrogens is 326 g/mol. The molecule has 2 N–H and O–H groups in total. The molecule has 0 aliphatic carbocycles. The molecule has 0 saturated heterocycles. The summed E-state index contributed by atoms with van der Waals surface area (Å²) in [6.45, 7) is 7.06. The van der Waals surface area contributed by atoms with E-state index in [2.05, 4.69) is 15.0 Å². The van der Waals surface area contributed by atoms with Crippen molar-refractivity contribution < 1.29 is 8.42 Å². The van der Waals surface area contributed by atoms with Crippen molar-refractivity contribution in [2.75, 3.05) is 13.1 Å². The second-order valence-electron chi connectivity index (χ2n) is 4.68. The van der Waals surface area contributed by atoms with E-state index in [1.54, 1.807) is 23.5 Å². The molecule has 0 radical (unpaired) electrons. The quantitative estimate of drug-likeness (QED) is 0.809. The highest BCUT2D eigenvalue weighted by Gasteiger charge is 2.18. The van der Waals surface area contributed by atoms with Crippen molar-refractivity contribution in [1.29, 1.82) is 0 Å². The Hall–Kier alpha value is -0.800. The van der Waals surface area contributed by atoms with E-state index in [0.717, 1.165) is 22.1 Å². The van der Waals surface area contributed by atoms with E-state index >= 15 is 0 Å². The van der Waals surface area contributed by atoms with E-state index in [9.17, 15) is 8.42 Å². The molecule has 0 amide bonds. The second-order valence-corrected chi connectivity index (χ2v) is 8.82. The monoisotopic (exact) mass is 345 g/mol. The minimum Gasteiger partial charge on any atom is -0.313 e. The molecule has 2 aromatic heterocycles. The predicted molar refractivity (Wildman–Crippen MR) is 88.5 cm³/mol. The Morgan fingerprint density at radius 2 is 2.14 bits per heavy atom. The van der Waals surface area contributed by atoms with Crippen LogP contribution in [0, 0.1) is 6.92 Å². The van der Waals surface area contributed by atoms with Gasteiger partial charge in [0.15, 0.2) is 0 Å². The van der Waals surface area contributed by atoms with Crippen LogP contribution in [-0.4, -0.2) is 32.5 Å². The van der Waals surface area contributed by atoms with Gasteiger partial charge in [-0.25, -0.2) is 18.1 Å². The van der Waals surface area contributed by atoms with Gasteiger partial charge in [0.1, 0.15) is 4.21 Å². The molecule has 0 aromatic carbocycles. The van der Waals surface area contributed by atoms with Gasteiger partial charge in [0.05, 0.1) is 15.6 Å². The third kappa shape index (κ3) is 4.33. The molecule has 0 unspecified atom stereocenters. The van der Waals surface area contributed by atoms with Crippen LogP contribution in [0.3, 0.4) is 0 Å². The zero-order chi connectivity index (χ0) is 15.5. The molecule has 2 aromatic rings. The van der Waals surface area contributed by atoms with Gasteiger partial charge in [0.2, 0.25) is 10.0 Å². The van der Waals surface area contributed by atoms with Crippen LogP contribution in [0.15, 0.2) is 21.7 Å². The van der Waals surface area contributed by atoms with Crippen LogP contribution < -0.4 is 10.0 Å². The number of sulfonamides is 1. The van der Waals surface area contributed by atoms with Crippen LogP contribution in [0.5, 0.6) is 0 Å². The number of thiophene rings is 1. The minimum atomic E-state index is -3.45. The van der Waals surface area contributed by atoms with Gasteiger partial charge in [0, 0.05) is 18.0 Å². The standard InChI is InChI=1S/C13H19N3O2S3/c1-4-14-9(2)7-15-21(17,18)13-6-5-12(20-13)11-8-19-10(3)16-11/h5-6,8-9,14-15H,4,7H2,1-3H3/t9-/m1/s1. The molecule has 0 spiro atoms. The van der Waals surface area contributed by atoms with E-state index in [1.165, 1.54) is 11.3 Å². The lowest BCUT2D eigenvalue weighted by Gasteiger charge is -2.12. The maximum atomic E-state index is 12.2. The SMILES string of the molecule is CCN[C@H](C)CNS(=O)(=O)c1ccc(-c2csc(C)n2)s1. The molecule has 5 nitrogen and oxygen atoms in total. The molecular formula is C13H19N3O2S3. The molecule has 0 aliphatic heterocycles. The van der Waals surface area contributed by atoms with Gasteiger partial charge in [0.25, 0.3) is 0 Å². The lowest BCUT2D eigenvalue weighted by molar-refractivity contribution is 0.537. The Kier molecular flexibility index (Phi) is 5.50. The summed E-state index contributed by atoms with van der Waals surface area (Å²) >= 11 is 2.80. The smallest absolute Gasteiger partial charge is 0.250 e. The first-order valence-electron chi connectivity index (χ1n) is 6.67. The summed E-state index contributed by atoms with van der Waals surface area (Å²) in [7, 11) is -3.45. The van der Waals surface area contributed by atoms with E-state index in [4.69, 9.17) is 0 Å². The maximum Gasteiger partial charge on any atom is 0.250 e. The normalized spacial score (nSPS) is 13.5. The first-order valence-corrected chi connectivity index (χ1v) is 9.85. The lowest BCUT2D eigenvalue weighted by Crippen LogP contribution is -2.38. The van der Waals surface area contributed by atoms with Gasteiger partial charge in [-0.3, -0.25) is 0 Å². The Bertz CT molecular complexity index is 691. The van der Waals surface area contributed by atoms with Gasteiger partial charge in [-0.15, -0.1) is 22.7 Å². The van der Waals surface area contributed by atoms with Crippen molar-refractivity contribution in [3.8, 4) is 10.6 Å². The zero-order valence-electron chi connectivity index (χ0n) is 12.2. The summed E-state index contributed by atoms with van der Waals surface area (Å²) in [4.78, 5) is 5.25. The van der Waals surface area contributed by atoms with Crippen molar-refractivity contribution in [1.82, 2.24) is 15.0 Å². The molecule has 8 heteroatoms. The Labute approximate surface area is 133 Å². The predicted octanol–water partition coefficient (Wildman–Crippen LogP) is 2.46. The number of nitrogens with one attached hydrogen (secondary N) is 2. The van der Waals surface area contributed by atoms with E-state index in [1.807, 2.05) is 26.2 Å². The van der Waals surface area contributed by atoms with Crippen molar-refractivity contribution in [3.63, 3.8) is 0 Å². The van der Waals surface area contributed by atoms with Crippen molar-refractivity contribution in [2.45, 2.75) is 31.0 Å². The Morgan fingerprint density at radius 1 is 1.38 bits per heavy atom. The molecule has 0 aliphatic rings. The molecule has 0 bridgehead atoms. The molecule has 0 fully saturated rings.